The van der Waals surface area contributed by atoms with E-state index in [0.29, 0.717) is 11.3 Å². The molecular weight excluding hydrogens is 336 g/mol. The topological polar surface area (TPSA) is 76.4 Å². The van der Waals surface area contributed by atoms with Crippen LogP contribution in [0.25, 0.3) is 0 Å². The predicted octanol–water partition coefficient (Wildman–Crippen LogP) is 2.11. The number of piperazine rings is 1. The number of nitrogens with one attached hydrogen (secondary N) is 1. The van der Waals surface area contributed by atoms with E-state index in [1.807, 2.05) is 18.2 Å². The SMILES string of the molecule is CN1CCN(c2ccc(NS(=O)(=O)c3ccc(C#N)cc3)cc2)CC1. The molecule has 0 radical (unpaired) electrons. The molecule has 1 N–H and O–H groups in total. The van der Waals surface area contributed by atoms with Gasteiger partial charge in [0, 0.05) is 37.6 Å². The summed E-state index contributed by atoms with van der Waals surface area (Å²) in [5.41, 5.74) is 2.03. The number of hydrogen-bond donors (Lipinski definition) is 1. The molecule has 3 rings (SSSR count). The molecule has 0 aromatic heterocycles. The van der Waals surface area contributed by atoms with Gasteiger partial charge >= 0.3 is 0 Å². The zero-order valence-electron chi connectivity index (χ0n) is 14.0. The van der Waals surface area contributed by atoms with Gasteiger partial charge < -0.3 is 9.80 Å². The first-order chi connectivity index (χ1) is 12.0. The van der Waals surface area contributed by atoms with Crippen molar-refractivity contribution in [1.82, 2.24) is 4.90 Å². The third-order valence-electron chi connectivity index (χ3n) is 4.28. The molecule has 1 fully saturated rings. The number of hydrogen-bond acceptors (Lipinski definition) is 5. The predicted molar refractivity (Wildman–Crippen MR) is 98.1 cm³/mol. The molecule has 0 atom stereocenters. The normalized spacial score (nSPS) is 15.6. The fourth-order valence-corrected chi connectivity index (χ4v) is 3.79. The van der Waals surface area contributed by atoms with Crippen LogP contribution in [0, 0.1) is 11.3 Å². The number of benzene rings is 2. The molecule has 1 aliphatic heterocycles. The lowest BCUT2D eigenvalue weighted by atomic mass is 10.2. The maximum Gasteiger partial charge on any atom is 0.261 e. The highest BCUT2D eigenvalue weighted by atomic mass is 32.2. The molecule has 1 aliphatic rings. The van der Waals surface area contributed by atoms with Gasteiger partial charge in [-0.2, -0.15) is 5.26 Å². The Labute approximate surface area is 148 Å². The van der Waals surface area contributed by atoms with Gasteiger partial charge in [0.2, 0.25) is 0 Å². The Kier molecular flexibility index (Phi) is 4.93. The first kappa shape index (κ1) is 17.3. The van der Waals surface area contributed by atoms with E-state index in [1.165, 1.54) is 24.3 Å². The van der Waals surface area contributed by atoms with Gasteiger partial charge in [-0.1, -0.05) is 0 Å². The maximum absolute atomic E-state index is 12.4. The summed E-state index contributed by atoms with van der Waals surface area (Å²) in [5.74, 6) is 0. The molecule has 0 unspecified atom stereocenters. The van der Waals surface area contributed by atoms with Gasteiger partial charge in [0.25, 0.3) is 10.0 Å². The van der Waals surface area contributed by atoms with E-state index in [1.54, 1.807) is 12.1 Å². The van der Waals surface area contributed by atoms with Crippen molar-refractivity contribution in [3.05, 3.63) is 54.1 Å². The number of rotatable bonds is 4. The van der Waals surface area contributed by atoms with E-state index >= 15 is 0 Å². The van der Waals surface area contributed by atoms with E-state index in [2.05, 4.69) is 21.6 Å². The van der Waals surface area contributed by atoms with E-state index < -0.39 is 10.0 Å². The first-order valence-corrected chi connectivity index (χ1v) is 9.53. The standard InChI is InChI=1S/C18H20N4O2S/c1-21-10-12-22(13-11-21)17-6-4-16(5-7-17)20-25(23,24)18-8-2-15(14-19)3-9-18/h2-9,20H,10-13H2,1H3. The highest BCUT2D eigenvalue weighted by Gasteiger charge is 2.16. The van der Waals surface area contributed by atoms with Crippen molar-refractivity contribution in [2.75, 3.05) is 42.8 Å². The lowest BCUT2D eigenvalue weighted by Crippen LogP contribution is -2.44. The maximum atomic E-state index is 12.4. The monoisotopic (exact) mass is 356 g/mol. The van der Waals surface area contributed by atoms with Crippen molar-refractivity contribution in [3.63, 3.8) is 0 Å². The van der Waals surface area contributed by atoms with Gasteiger partial charge in [-0.15, -0.1) is 0 Å². The largest absolute Gasteiger partial charge is 0.369 e. The van der Waals surface area contributed by atoms with Crippen molar-refractivity contribution in [3.8, 4) is 6.07 Å². The molecule has 0 spiro atoms. The van der Waals surface area contributed by atoms with Gasteiger partial charge in [0.15, 0.2) is 0 Å². The minimum atomic E-state index is -3.66. The lowest BCUT2D eigenvalue weighted by Gasteiger charge is -2.34. The van der Waals surface area contributed by atoms with E-state index in [-0.39, 0.29) is 4.90 Å². The lowest BCUT2D eigenvalue weighted by molar-refractivity contribution is 0.313. The number of likely N-dealkylation sites (N-methyl/N-ethyl adjacent to an activating group) is 1. The van der Waals surface area contributed by atoms with E-state index in [9.17, 15) is 8.42 Å². The molecule has 2 aromatic rings. The van der Waals surface area contributed by atoms with Crippen LogP contribution in [0.3, 0.4) is 0 Å². The van der Waals surface area contributed by atoms with Crippen molar-refractivity contribution < 1.29 is 8.42 Å². The van der Waals surface area contributed by atoms with Crippen LogP contribution in [0.4, 0.5) is 11.4 Å². The molecule has 0 bridgehead atoms. The second-order valence-corrected chi connectivity index (χ2v) is 7.76. The molecule has 130 valence electrons. The van der Waals surface area contributed by atoms with E-state index in [0.717, 1.165) is 31.9 Å². The molecule has 6 nitrogen and oxygen atoms in total. The van der Waals surface area contributed by atoms with Crippen LogP contribution in [-0.4, -0.2) is 46.5 Å². The Morgan fingerprint density at radius 2 is 1.56 bits per heavy atom. The van der Waals surface area contributed by atoms with Gasteiger partial charge in [-0.05, 0) is 55.6 Å². The molecular formula is C18H20N4O2S. The molecule has 0 saturated carbocycles. The summed E-state index contributed by atoms with van der Waals surface area (Å²) in [4.78, 5) is 4.71. The molecule has 1 saturated heterocycles. The zero-order valence-corrected chi connectivity index (χ0v) is 14.8. The highest BCUT2D eigenvalue weighted by molar-refractivity contribution is 7.92. The van der Waals surface area contributed by atoms with Crippen molar-refractivity contribution >= 4 is 21.4 Å². The van der Waals surface area contributed by atoms with E-state index in [4.69, 9.17) is 5.26 Å². The van der Waals surface area contributed by atoms with Gasteiger partial charge in [0.1, 0.15) is 0 Å². The van der Waals surface area contributed by atoms with Gasteiger partial charge in [-0.3, -0.25) is 4.72 Å². The van der Waals surface area contributed by atoms with Crippen LogP contribution < -0.4 is 9.62 Å². The number of nitrogens with zero attached hydrogens (tertiary/aromatic N) is 3. The average Bonchev–Trinajstić information content (AvgIpc) is 2.63. The van der Waals surface area contributed by atoms with Crippen molar-refractivity contribution in [2.24, 2.45) is 0 Å². The molecule has 2 aromatic carbocycles. The zero-order chi connectivity index (χ0) is 17.9. The average molecular weight is 356 g/mol. The quantitative estimate of drug-likeness (QED) is 0.908. The van der Waals surface area contributed by atoms with Crippen molar-refractivity contribution in [1.29, 1.82) is 5.26 Å². The Hall–Kier alpha value is -2.56. The molecule has 0 amide bonds. The smallest absolute Gasteiger partial charge is 0.261 e. The molecule has 25 heavy (non-hydrogen) atoms. The highest BCUT2D eigenvalue weighted by Crippen LogP contribution is 2.21. The number of sulfonamides is 1. The molecule has 1 heterocycles. The summed E-state index contributed by atoms with van der Waals surface area (Å²) in [6, 6.07) is 15.2. The van der Waals surface area contributed by atoms with Crippen molar-refractivity contribution in [2.45, 2.75) is 4.90 Å². The second-order valence-electron chi connectivity index (χ2n) is 6.08. The number of anilines is 2. The Bertz CT molecular complexity index is 863. The van der Waals surface area contributed by atoms with Gasteiger partial charge in [-0.25, -0.2) is 8.42 Å². The third-order valence-corrected chi connectivity index (χ3v) is 5.68. The van der Waals surface area contributed by atoms with Crippen LogP contribution in [-0.2, 0) is 10.0 Å². The Morgan fingerprint density at radius 3 is 2.12 bits per heavy atom. The van der Waals surface area contributed by atoms with Crippen LogP contribution in [0.1, 0.15) is 5.56 Å². The molecule has 0 aliphatic carbocycles. The van der Waals surface area contributed by atoms with Crippen LogP contribution >= 0.6 is 0 Å². The Morgan fingerprint density at radius 1 is 0.960 bits per heavy atom. The summed E-state index contributed by atoms with van der Waals surface area (Å²) < 4.78 is 27.4. The number of nitriles is 1. The molecule has 7 heteroatoms. The van der Waals surface area contributed by atoms with Crippen LogP contribution in [0.5, 0.6) is 0 Å². The first-order valence-electron chi connectivity index (χ1n) is 8.04. The second kappa shape index (κ2) is 7.13. The van der Waals surface area contributed by atoms with Gasteiger partial charge in [0.05, 0.1) is 16.5 Å². The van der Waals surface area contributed by atoms with Crippen LogP contribution in [0.2, 0.25) is 0 Å². The minimum absolute atomic E-state index is 0.134. The Balaban J connectivity index is 1.71. The third kappa shape index (κ3) is 4.10. The summed E-state index contributed by atoms with van der Waals surface area (Å²) in [5, 5.41) is 8.79. The summed E-state index contributed by atoms with van der Waals surface area (Å²) in [6.45, 7) is 3.97. The summed E-state index contributed by atoms with van der Waals surface area (Å²) in [6.07, 6.45) is 0. The minimum Gasteiger partial charge on any atom is -0.369 e. The van der Waals surface area contributed by atoms with Crippen LogP contribution in [0.15, 0.2) is 53.4 Å². The fourth-order valence-electron chi connectivity index (χ4n) is 2.73. The fraction of sp³-hybridized carbons (Fsp3) is 0.278. The summed E-state index contributed by atoms with van der Waals surface area (Å²) in [7, 11) is -1.55. The summed E-state index contributed by atoms with van der Waals surface area (Å²) >= 11 is 0.